The van der Waals surface area contributed by atoms with Crippen molar-refractivity contribution in [2.75, 3.05) is 6.54 Å². The van der Waals surface area contributed by atoms with Crippen LogP contribution in [0.25, 0.3) is 0 Å². The molecule has 7 nitrogen and oxygen atoms in total. The molecular formula is C13H18F3N5O2. The first kappa shape index (κ1) is 17.2. The van der Waals surface area contributed by atoms with Gasteiger partial charge in [0.2, 0.25) is 11.8 Å². The predicted molar refractivity (Wildman–Crippen MR) is 73.0 cm³/mol. The van der Waals surface area contributed by atoms with Crippen molar-refractivity contribution in [1.82, 2.24) is 25.2 Å². The Labute approximate surface area is 130 Å². The highest BCUT2D eigenvalue weighted by Crippen LogP contribution is 2.32. The number of nitrogens with zero attached hydrogens (tertiary/aromatic N) is 4. The van der Waals surface area contributed by atoms with Crippen LogP contribution in [0.3, 0.4) is 0 Å². The highest BCUT2D eigenvalue weighted by Gasteiger charge is 2.47. The van der Waals surface area contributed by atoms with E-state index in [-0.39, 0.29) is 38.3 Å². The van der Waals surface area contributed by atoms with Crippen LogP contribution in [0.1, 0.15) is 26.2 Å². The second kappa shape index (κ2) is 6.97. The molecule has 0 radical (unpaired) electrons. The van der Waals surface area contributed by atoms with Gasteiger partial charge < -0.3 is 10.2 Å². The molecule has 1 aromatic rings. The number of carbonyl (C=O) groups excluding carboxylic acids is 2. The van der Waals surface area contributed by atoms with Crippen molar-refractivity contribution in [3.8, 4) is 0 Å². The number of hydrogen-bond acceptors (Lipinski definition) is 4. The number of aryl methyl sites for hydroxylation is 1. The molecule has 2 heterocycles. The summed E-state index contributed by atoms with van der Waals surface area (Å²) < 4.78 is 40.8. The third-order valence-corrected chi connectivity index (χ3v) is 3.71. The molecule has 10 heteroatoms. The second-order valence-corrected chi connectivity index (χ2v) is 5.49. The van der Waals surface area contributed by atoms with Crippen molar-refractivity contribution in [2.24, 2.45) is 0 Å². The monoisotopic (exact) mass is 333 g/mol. The molecule has 2 rings (SSSR count). The lowest BCUT2D eigenvalue weighted by molar-refractivity contribution is -0.197. The highest BCUT2D eigenvalue weighted by atomic mass is 19.4. The van der Waals surface area contributed by atoms with Gasteiger partial charge in [0.1, 0.15) is 6.04 Å². The van der Waals surface area contributed by atoms with Gasteiger partial charge in [-0.15, -0.1) is 5.10 Å². The van der Waals surface area contributed by atoms with E-state index in [2.05, 4.69) is 15.6 Å². The Hall–Kier alpha value is -2.13. The Balaban J connectivity index is 2.04. The highest BCUT2D eigenvalue weighted by molar-refractivity contribution is 5.77. The van der Waals surface area contributed by atoms with Gasteiger partial charge in [-0.3, -0.25) is 14.3 Å². The van der Waals surface area contributed by atoms with Gasteiger partial charge >= 0.3 is 6.18 Å². The molecule has 0 bridgehead atoms. The van der Waals surface area contributed by atoms with Gasteiger partial charge in [0.15, 0.2) is 0 Å². The third-order valence-electron chi connectivity index (χ3n) is 3.71. The first-order valence-electron chi connectivity index (χ1n) is 7.24. The maximum atomic E-state index is 13.1. The van der Waals surface area contributed by atoms with Gasteiger partial charge in [0.25, 0.3) is 0 Å². The molecule has 1 aliphatic rings. The molecule has 23 heavy (non-hydrogen) atoms. The van der Waals surface area contributed by atoms with Gasteiger partial charge in [-0.2, -0.15) is 13.2 Å². The minimum Gasteiger partial charge on any atom is -0.352 e. The van der Waals surface area contributed by atoms with Crippen LogP contribution >= 0.6 is 0 Å². The van der Waals surface area contributed by atoms with Crippen LogP contribution in [0.4, 0.5) is 13.2 Å². The number of piperidine rings is 1. The Kier molecular flexibility index (Phi) is 5.22. The average Bonchev–Trinajstić information content (AvgIpc) is 2.96. The van der Waals surface area contributed by atoms with Crippen molar-refractivity contribution < 1.29 is 22.8 Å². The van der Waals surface area contributed by atoms with Gasteiger partial charge in [-0.05, 0) is 12.8 Å². The summed E-state index contributed by atoms with van der Waals surface area (Å²) in [7, 11) is 0. The quantitative estimate of drug-likeness (QED) is 0.881. The summed E-state index contributed by atoms with van der Waals surface area (Å²) in [5.41, 5.74) is 0. The molecule has 128 valence electrons. The van der Waals surface area contributed by atoms with Gasteiger partial charge in [-0.1, -0.05) is 5.21 Å². The van der Waals surface area contributed by atoms with E-state index in [0.717, 1.165) is 4.90 Å². The van der Waals surface area contributed by atoms with Gasteiger partial charge in [-0.25, -0.2) is 0 Å². The summed E-state index contributed by atoms with van der Waals surface area (Å²) in [6, 6.07) is -2.27. The number of rotatable bonds is 4. The molecular weight excluding hydrogens is 315 g/mol. The molecule has 1 aromatic heterocycles. The van der Waals surface area contributed by atoms with Crippen LogP contribution in [0.15, 0.2) is 12.4 Å². The summed E-state index contributed by atoms with van der Waals surface area (Å²) in [5, 5.41) is 9.82. The molecule has 0 saturated carbocycles. The van der Waals surface area contributed by atoms with Crippen LogP contribution < -0.4 is 5.32 Å². The van der Waals surface area contributed by atoms with Crippen LogP contribution in [-0.2, 0) is 16.1 Å². The fourth-order valence-electron chi connectivity index (χ4n) is 2.70. The number of likely N-dealkylation sites (tertiary alicyclic amines) is 1. The van der Waals surface area contributed by atoms with Crippen LogP contribution in [-0.4, -0.2) is 56.5 Å². The Morgan fingerprint density at radius 1 is 1.35 bits per heavy atom. The first-order valence-corrected chi connectivity index (χ1v) is 7.24. The number of hydrogen-bond donors (Lipinski definition) is 1. The predicted octanol–water partition coefficient (Wildman–Crippen LogP) is 0.726. The zero-order valence-electron chi connectivity index (χ0n) is 12.6. The zero-order valence-corrected chi connectivity index (χ0v) is 12.6. The SMILES string of the molecule is CC(=O)N[C@@H]1CC[C@H](C(F)(F)F)N(C(=O)CCn2ccnn2)C1. The van der Waals surface area contributed by atoms with E-state index in [1.54, 1.807) is 0 Å². The maximum absolute atomic E-state index is 13.1. The Bertz CT molecular complexity index is 546. The molecule has 0 aromatic carbocycles. The summed E-state index contributed by atoms with van der Waals surface area (Å²) in [6.07, 6.45) is -1.66. The fourth-order valence-corrected chi connectivity index (χ4v) is 2.70. The number of alkyl halides is 3. The lowest BCUT2D eigenvalue weighted by atomic mass is 9.97. The summed E-state index contributed by atoms with van der Waals surface area (Å²) in [6.45, 7) is 1.32. The van der Waals surface area contributed by atoms with E-state index in [4.69, 9.17) is 0 Å². The van der Waals surface area contributed by atoms with Crippen molar-refractivity contribution in [1.29, 1.82) is 0 Å². The van der Waals surface area contributed by atoms with E-state index < -0.39 is 24.2 Å². The average molecular weight is 333 g/mol. The molecule has 2 atom stereocenters. The molecule has 0 unspecified atom stereocenters. The molecule has 1 fully saturated rings. The van der Waals surface area contributed by atoms with Crippen LogP contribution in [0.5, 0.6) is 0 Å². The van der Waals surface area contributed by atoms with Crippen molar-refractivity contribution in [2.45, 2.75) is 51.0 Å². The van der Waals surface area contributed by atoms with E-state index in [1.165, 1.54) is 24.0 Å². The molecule has 2 amide bonds. The van der Waals surface area contributed by atoms with Gasteiger partial charge in [0, 0.05) is 32.1 Å². The zero-order chi connectivity index (χ0) is 17.0. The number of carbonyl (C=O) groups is 2. The maximum Gasteiger partial charge on any atom is 0.408 e. The fraction of sp³-hybridized carbons (Fsp3) is 0.692. The second-order valence-electron chi connectivity index (χ2n) is 5.49. The van der Waals surface area contributed by atoms with Crippen molar-refractivity contribution in [3.05, 3.63) is 12.4 Å². The Morgan fingerprint density at radius 2 is 2.09 bits per heavy atom. The molecule has 0 aliphatic carbocycles. The van der Waals surface area contributed by atoms with E-state index in [0.29, 0.717) is 0 Å². The molecule has 1 saturated heterocycles. The standard InChI is InChI=1S/C13H18F3N5O2/c1-9(22)18-10-2-3-11(13(14,15)16)21(8-10)12(23)4-6-20-7-5-17-19-20/h5,7,10-11H,2-4,6,8H2,1H3,(H,18,22)/t10-,11-/m1/s1. The lowest BCUT2D eigenvalue weighted by Gasteiger charge is -2.40. The normalized spacial score (nSPS) is 22.0. The van der Waals surface area contributed by atoms with Crippen LogP contribution in [0.2, 0.25) is 0 Å². The van der Waals surface area contributed by atoms with E-state index in [1.807, 2.05) is 0 Å². The van der Waals surface area contributed by atoms with Crippen molar-refractivity contribution >= 4 is 11.8 Å². The first-order chi connectivity index (χ1) is 10.8. The largest absolute Gasteiger partial charge is 0.408 e. The Morgan fingerprint density at radius 3 is 2.65 bits per heavy atom. The van der Waals surface area contributed by atoms with E-state index in [9.17, 15) is 22.8 Å². The number of halogens is 3. The van der Waals surface area contributed by atoms with Gasteiger partial charge in [0.05, 0.1) is 12.7 Å². The molecule has 0 spiro atoms. The summed E-state index contributed by atoms with van der Waals surface area (Å²) in [4.78, 5) is 24.1. The lowest BCUT2D eigenvalue weighted by Crippen LogP contribution is -2.58. The van der Waals surface area contributed by atoms with E-state index >= 15 is 0 Å². The number of nitrogens with one attached hydrogen (secondary N) is 1. The smallest absolute Gasteiger partial charge is 0.352 e. The topological polar surface area (TPSA) is 80.1 Å². The number of amides is 2. The third kappa shape index (κ3) is 4.67. The summed E-state index contributed by atoms with van der Waals surface area (Å²) >= 11 is 0. The molecule has 1 aliphatic heterocycles. The van der Waals surface area contributed by atoms with Crippen molar-refractivity contribution in [3.63, 3.8) is 0 Å². The van der Waals surface area contributed by atoms with Crippen LogP contribution in [0, 0.1) is 0 Å². The summed E-state index contributed by atoms with van der Waals surface area (Å²) in [5.74, 6) is -0.937. The number of aromatic nitrogens is 3. The minimum atomic E-state index is -4.48. The minimum absolute atomic E-state index is 0.108. The molecule has 1 N–H and O–H groups in total.